The Morgan fingerprint density at radius 3 is 2.79 bits per heavy atom. The highest BCUT2D eigenvalue weighted by Gasteiger charge is 2.32. The molecule has 3 nitrogen and oxygen atoms in total. The monoisotopic (exact) mass is 257 g/mol. The topological polar surface area (TPSA) is 40.5 Å². The summed E-state index contributed by atoms with van der Waals surface area (Å²) in [7, 11) is 0. The van der Waals surface area contributed by atoms with E-state index in [0.29, 0.717) is 17.2 Å². The highest BCUT2D eigenvalue weighted by molar-refractivity contribution is 5.97. The quantitative estimate of drug-likeness (QED) is 0.841. The second-order valence-electron chi connectivity index (χ2n) is 4.83. The third kappa shape index (κ3) is 3.15. The third-order valence-electron chi connectivity index (χ3n) is 3.30. The van der Waals surface area contributed by atoms with Crippen molar-refractivity contribution in [1.82, 2.24) is 4.90 Å². The number of aryl methyl sites for hydroxylation is 1. The lowest BCUT2D eigenvalue weighted by atomic mass is 10.0. The second kappa shape index (κ2) is 5.90. The first-order valence-electron chi connectivity index (χ1n) is 6.68. The van der Waals surface area contributed by atoms with E-state index in [2.05, 4.69) is 11.8 Å². The molecule has 0 unspecified atom stereocenters. The number of benzene rings is 1. The Bertz CT molecular complexity index is 535. The zero-order valence-corrected chi connectivity index (χ0v) is 11.4. The van der Waals surface area contributed by atoms with Gasteiger partial charge in [-0.1, -0.05) is 17.9 Å². The molecule has 0 aromatic heterocycles. The summed E-state index contributed by atoms with van der Waals surface area (Å²) < 4.78 is 0. The molecular formula is C16H19NO2. The van der Waals surface area contributed by atoms with Crippen LogP contribution in [0.2, 0.25) is 0 Å². The van der Waals surface area contributed by atoms with Crippen LogP contribution in [0.3, 0.4) is 0 Å². The Balaban J connectivity index is 2.34. The average Bonchev–Trinajstić information content (AvgIpc) is 3.21. The highest BCUT2D eigenvalue weighted by atomic mass is 16.2. The van der Waals surface area contributed by atoms with Crippen molar-refractivity contribution in [3.05, 3.63) is 34.9 Å². The molecule has 0 spiro atoms. The van der Waals surface area contributed by atoms with Gasteiger partial charge in [0.05, 0.1) is 5.56 Å². The summed E-state index contributed by atoms with van der Waals surface area (Å²) in [6.07, 6.45) is 2.20. The summed E-state index contributed by atoms with van der Waals surface area (Å²) in [6, 6.07) is 6.07. The van der Waals surface area contributed by atoms with Crippen LogP contribution in [-0.4, -0.2) is 35.1 Å². The molecule has 1 fully saturated rings. The molecule has 1 aromatic rings. The van der Waals surface area contributed by atoms with Crippen molar-refractivity contribution in [2.45, 2.75) is 32.7 Å². The van der Waals surface area contributed by atoms with E-state index in [-0.39, 0.29) is 12.5 Å². The fourth-order valence-corrected chi connectivity index (χ4v) is 2.19. The Kier molecular flexibility index (Phi) is 4.24. The maximum absolute atomic E-state index is 12.5. The van der Waals surface area contributed by atoms with Crippen LogP contribution in [0.4, 0.5) is 0 Å². The molecule has 0 atom stereocenters. The number of carbonyl (C=O) groups excluding carboxylic acids is 1. The third-order valence-corrected chi connectivity index (χ3v) is 3.30. The Hall–Kier alpha value is -1.79. The molecule has 1 aliphatic carbocycles. The van der Waals surface area contributed by atoms with Gasteiger partial charge in [-0.2, -0.15) is 0 Å². The van der Waals surface area contributed by atoms with Crippen molar-refractivity contribution in [2.75, 3.05) is 13.2 Å². The van der Waals surface area contributed by atoms with Crippen LogP contribution >= 0.6 is 0 Å². The van der Waals surface area contributed by atoms with Gasteiger partial charge in [0.1, 0.15) is 6.61 Å². The van der Waals surface area contributed by atoms with Gasteiger partial charge in [0.25, 0.3) is 5.91 Å². The highest BCUT2D eigenvalue weighted by Crippen LogP contribution is 2.28. The Morgan fingerprint density at radius 1 is 1.47 bits per heavy atom. The molecule has 3 heteroatoms. The Morgan fingerprint density at radius 2 is 2.21 bits per heavy atom. The van der Waals surface area contributed by atoms with Crippen molar-refractivity contribution in [3.8, 4) is 11.8 Å². The summed E-state index contributed by atoms with van der Waals surface area (Å²) in [5.41, 5.74) is 2.41. The van der Waals surface area contributed by atoms with Crippen LogP contribution in [0.5, 0.6) is 0 Å². The van der Waals surface area contributed by atoms with Gasteiger partial charge in [-0.15, -0.1) is 0 Å². The fraction of sp³-hybridized carbons (Fsp3) is 0.438. The molecule has 1 aromatic carbocycles. The van der Waals surface area contributed by atoms with Crippen molar-refractivity contribution >= 4 is 5.91 Å². The minimum absolute atomic E-state index is 0.0484. The van der Waals surface area contributed by atoms with Crippen molar-refractivity contribution in [1.29, 1.82) is 0 Å². The Labute approximate surface area is 114 Å². The van der Waals surface area contributed by atoms with Crippen LogP contribution in [0.15, 0.2) is 18.2 Å². The maximum Gasteiger partial charge on any atom is 0.255 e. The molecule has 0 bridgehead atoms. The van der Waals surface area contributed by atoms with E-state index < -0.39 is 0 Å². The summed E-state index contributed by atoms with van der Waals surface area (Å²) >= 11 is 0. The molecule has 1 saturated carbocycles. The van der Waals surface area contributed by atoms with Gasteiger partial charge in [0, 0.05) is 18.2 Å². The lowest BCUT2D eigenvalue weighted by Gasteiger charge is -2.21. The molecule has 1 N–H and O–H groups in total. The fourth-order valence-electron chi connectivity index (χ4n) is 2.19. The molecule has 0 radical (unpaired) electrons. The van der Waals surface area contributed by atoms with E-state index in [1.807, 2.05) is 36.9 Å². The number of rotatable bonds is 3. The number of aliphatic hydroxyl groups excluding tert-OH is 1. The van der Waals surface area contributed by atoms with Crippen molar-refractivity contribution in [3.63, 3.8) is 0 Å². The predicted octanol–water partition coefficient (Wildman–Crippen LogP) is 1.96. The number of hydrogen-bond donors (Lipinski definition) is 1. The molecule has 0 aliphatic heterocycles. The molecule has 2 rings (SSSR count). The molecule has 0 heterocycles. The number of hydrogen-bond acceptors (Lipinski definition) is 2. The van der Waals surface area contributed by atoms with Gasteiger partial charge in [-0.3, -0.25) is 4.79 Å². The second-order valence-corrected chi connectivity index (χ2v) is 4.83. The molecule has 19 heavy (non-hydrogen) atoms. The lowest BCUT2D eigenvalue weighted by Crippen LogP contribution is -2.33. The number of carbonyl (C=O) groups is 1. The number of amides is 1. The number of nitrogens with zero attached hydrogens (tertiary/aromatic N) is 1. The molecule has 1 aliphatic rings. The summed E-state index contributed by atoms with van der Waals surface area (Å²) in [6.45, 7) is 4.51. The smallest absolute Gasteiger partial charge is 0.255 e. The normalized spacial score (nSPS) is 13.6. The van der Waals surface area contributed by atoms with E-state index in [9.17, 15) is 4.79 Å². The van der Waals surface area contributed by atoms with Gasteiger partial charge in [-0.05, 0) is 44.4 Å². The van der Waals surface area contributed by atoms with Crippen LogP contribution in [0.25, 0.3) is 0 Å². The standard InChI is InChI=1S/C16H19NO2/c1-3-17(14-7-8-14)16(19)15-9-6-12(2)11-13(15)5-4-10-18/h6,9,11,14,18H,3,7-8,10H2,1-2H3. The molecule has 100 valence electrons. The van der Waals surface area contributed by atoms with Gasteiger partial charge < -0.3 is 10.0 Å². The van der Waals surface area contributed by atoms with Gasteiger partial charge in [0.15, 0.2) is 0 Å². The SMILES string of the molecule is CCN(C(=O)c1ccc(C)cc1C#CCO)C1CC1. The van der Waals surface area contributed by atoms with Crippen LogP contribution in [-0.2, 0) is 0 Å². The molecular weight excluding hydrogens is 238 g/mol. The van der Waals surface area contributed by atoms with Crippen LogP contribution in [0.1, 0.15) is 41.3 Å². The summed E-state index contributed by atoms with van der Waals surface area (Å²) in [4.78, 5) is 14.5. The molecule has 1 amide bonds. The van der Waals surface area contributed by atoms with E-state index in [1.54, 1.807) is 0 Å². The largest absolute Gasteiger partial charge is 0.384 e. The predicted molar refractivity (Wildman–Crippen MR) is 74.9 cm³/mol. The first-order valence-corrected chi connectivity index (χ1v) is 6.68. The van der Waals surface area contributed by atoms with Crippen molar-refractivity contribution in [2.24, 2.45) is 0 Å². The van der Waals surface area contributed by atoms with E-state index in [0.717, 1.165) is 24.9 Å². The zero-order valence-electron chi connectivity index (χ0n) is 11.4. The van der Waals surface area contributed by atoms with E-state index >= 15 is 0 Å². The first kappa shape index (κ1) is 13.6. The lowest BCUT2D eigenvalue weighted by molar-refractivity contribution is 0.0752. The van der Waals surface area contributed by atoms with E-state index in [1.165, 1.54) is 0 Å². The average molecular weight is 257 g/mol. The summed E-state index contributed by atoms with van der Waals surface area (Å²) in [5.74, 6) is 5.55. The number of aliphatic hydroxyl groups is 1. The van der Waals surface area contributed by atoms with Gasteiger partial charge in [0.2, 0.25) is 0 Å². The van der Waals surface area contributed by atoms with Gasteiger partial charge >= 0.3 is 0 Å². The van der Waals surface area contributed by atoms with Crippen LogP contribution in [0, 0.1) is 18.8 Å². The first-order chi connectivity index (χ1) is 9.17. The van der Waals surface area contributed by atoms with Gasteiger partial charge in [-0.25, -0.2) is 0 Å². The molecule has 0 saturated heterocycles. The minimum atomic E-state index is -0.193. The van der Waals surface area contributed by atoms with E-state index in [4.69, 9.17) is 5.11 Å². The summed E-state index contributed by atoms with van der Waals surface area (Å²) in [5, 5.41) is 8.81. The maximum atomic E-state index is 12.5. The minimum Gasteiger partial charge on any atom is -0.384 e. The van der Waals surface area contributed by atoms with Crippen LogP contribution < -0.4 is 0 Å². The zero-order chi connectivity index (χ0) is 13.8. The van der Waals surface area contributed by atoms with Crippen molar-refractivity contribution < 1.29 is 9.90 Å².